The van der Waals surface area contributed by atoms with E-state index in [9.17, 15) is 38.4 Å². The minimum atomic E-state index is -1.26. The third-order valence-electron chi connectivity index (χ3n) is 1.84. The maximum atomic E-state index is 9.64. The molecule has 32 heavy (non-hydrogen) atoms. The molecule has 8 N–H and O–H groups in total. The van der Waals surface area contributed by atoms with Gasteiger partial charge in [-0.15, -0.1) is 0 Å². The molecule has 0 radical (unpaired) electrons. The molecule has 0 saturated carbocycles. The minimum Gasteiger partial charge on any atom is -0.481 e. The maximum absolute atomic E-state index is 9.64. The van der Waals surface area contributed by atoms with Gasteiger partial charge in [0.1, 0.15) is 0 Å². The first-order valence-corrected chi connectivity index (χ1v) is 7.66. The highest BCUT2D eigenvalue weighted by Crippen LogP contribution is 1.86. The fourth-order valence-electron chi connectivity index (χ4n) is 0.713. The van der Waals surface area contributed by atoms with Gasteiger partial charge in [0.15, 0.2) is 0 Å². The summed E-state index contributed by atoms with van der Waals surface area (Å²) < 4.78 is 0. The molecule has 0 aliphatic carbocycles. The first kappa shape index (κ1) is 34.7. The van der Waals surface area contributed by atoms with Crippen molar-refractivity contribution >= 4 is 47.8 Å². The molecule has 0 amide bonds. The van der Waals surface area contributed by atoms with Crippen LogP contribution in [0.1, 0.15) is 25.7 Å². The third-order valence-corrected chi connectivity index (χ3v) is 1.84. The highest BCUT2D eigenvalue weighted by atomic mass is 16.4. The summed E-state index contributed by atoms with van der Waals surface area (Å²) >= 11 is 0. The summed E-state index contributed by atoms with van der Waals surface area (Å²) in [4.78, 5) is 76.8. The molecule has 180 valence electrons. The zero-order valence-electron chi connectivity index (χ0n) is 16.0. The first-order valence-electron chi connectivity index (χ1n) is 7.66. The Morgan fingerprint density at radius 3 is 0.531 bits per heavy atom. The maximum Gasteiger partial charge on any atom is 0.328 e. The lowest BCUT2D eigenvalue weighted by molar-refractivity contribution is -0.143. The highest BCUT2D eigenvalue weighted by molar-refractivity contribution is 5.90. The second kappa shape index (κ2) is 22.5. The van der Waals surface area contributed by atoms with E-state index in [1.165, 1.54) is 0 Å². The van der Waals surface area contributed by atoms with Crippen molar-refractivity contribution in [1.82, 2.24) is 0 Å². The van der Waals surface area contributed by atoms with E-state index in [0.717, 1.165) is 0 Å². The van der Waals surface area contributed by atoms with Gasteiger partial charge >= 0.3 is 47.8 Å². The van der Waals surface area contributed by atoms with Crippen molar-refractivity contribution in [3.05, 3.63) is 24.3 Å². The quantitative estimate of drug-likeness (QED) is 0.184. The van der Waals surface area contributed by atoms with Crippen LogP contribution in [0.25, 0.3) is 0 Å². The average Bonchev–Trinajstić information content (AvgIpc) is 2.63. The third kappa shape index (κ3) is 63.9. The van der Waals surface area contributed by atoms with Gasteiger partial charge < -0.3 is 40.9 Å². The zero-order chi connectivity index (χ0) is 26.3. The van der Waals surface area contributed by atoms with Crippen molar-refractivity contribution in [2.24, 2.45) is 0 Å². The summed E-state index contributed by atoms with van der Waals surface area (Å²) in [6, 6.07) is 0. The number of hydrogen-bond donors (Lipinski definition) is 8. The van der Waals surface area contributed by atoms with Gasteiger partial charge in [0.2, 0.25) is 0 Å². The van der Waals surface area contributed by atoms with Gasteiger partial charge in [-0.05, 0) is 0 Å². The van der Waals surface area contributed by atoms with E-state index in [0.29, 0.717) is 24.3 Å². The van der Waals surface area contributed by atoms with Gasteiger partial charge in [0, 0.05) is 24.3 Å². The molecule has 0 spiro atoms. The van der Waals surface area contributed by atoms with Gasteiger partial charge in [0.25, 0.3) is 0 Å². The smallest absolute Gasteiger partial charge is 0.328 e. The number of carboxylic acid groups (broad SMARTS) is 8. The van der Waals surface area contributed by atoms with E-state index in [1.54, 1.807) is 0 Å². The lowest BCUT2D eigenvalue weighted by atomic mass is 10.3. The second-order valence-electron chi connectivity index (χ2n) is 4.59. The Morgan fingerprint density at radius 1 is 0.344 bits per heavy atom. The zero-order valence-corrected chi connectivity index (χ0v) is 16.0. The van der Waals surface area contributed by atoms with Crippen molar-refractivity contribution in [2.45, 2.75) is 25.7 Å². The van der Waals surface area contributed by atoms with Crippen molar-refractivity contribution in [2.75, 3.05) is 0 Å². The van der Waals surface area contributed by atoms with Crippen LogP contribution in [0, 0.1) is 0 Å². The molecular weight excluding hydrogens is 448 g/mol. The molecule has 0 bridgehead atoms. The molecule has 16 heteroatoms. The molecule has 0 heterocycles. The molecule has 0 aromatic rings. The predicted octanol–water partition coefficient (Wildman–Crippen LogP) is -0.705. The molecule has 0 saturated heterocycles. The summed E-state index contributed by atoms with van der Waals surface area (Å²) in [5.74, 6) is -9.33. The van der Waals surface area contributed by atoms with Gasteiger partial charge in [-0.2, -0.15) is 0 Å². The van der Waals surface area contributed by atoms with Crippen LogP contribution in [0.4, 0.5) is 0 Å². The molecule has 0 aliphatic rings. The van der Waals surface area contributed by atoms with Crippen molar-refractivity contribution in [3.8, 4) is 0 Å². The standard InChI is InChI=1S/2C4H6O4.2C4H4O4/c4*5-3(6)1-2-4(7)8/h2*1-2H2,(H,5,6)(H,7,8);2*1-2H,(H,5,6)(H,7,8). The van der Waals surface area contributed by atoms with Crippen LogP contribution in [-0.4, -0.2) is 88.6 Å². The summed E-state index contributed by atoms with van der Waals surface area (Å²) in [5.41, 5.74) is 0. The molecule has 16 nitrogen and oxygen atoms in total. The monoisotopic (exact) mass is 468 g/mol. The van der Waals surface area contributed by atoms with E-state index in [-0.39, 0.29) is 25.7 Å². The Bertz CT molecular complexity index is 608. The predicted molar refractivity (Wildman–Crippen MR) is 97.8 cm³/mol. The van der Waals surface area contributed by atoms with Crippen LogP contribution in [0.15, 0.2) is 24.3 Å². The molecule has 0 aliphatic heterocycles. The Hall–Kier alpha value is -4.76. The summed E-state index contributed by atoms with van der Waals surface area (Å²) in [6.45, 7) is 0. The molecule has 0 rings (SSSR count). The molecule has 0 atom stereocenters. The molecule has 0 fully saturated rings. The van der Waals surface area contributed by atoms with Crippen LogP contribution in [0.2, 0.25) is 0 Å². The van der Waals surface area contributed by atoms with E-state index < -0.39 is 47.8 Å². The van der Waals surface area contributed by atoms with Crippen LogP contribution in [0.5, 0.6) is 0 Å². The van der Waals surface area contributed by atoms with E-state index in [2.05, 4.69) is 0 Å². The minimum absolute atomic E-state index is 0.296. The van der Waals surface area contributed by atoms with E-state index in [1.807, 2.05) is 0 Å². The molecule has 0 aromatic carbocycles. The Morgan fingerprint density at radius 2 is 0.469 bits per heavy atom. The average molecular weight is 468 g/mol. The lowest BCUT2D eigenvalue weighted by Gasteiger charge is -1.85. The number of carboxylic acids is 8. The van der Waals surface area contributed by atoms with Gasteiger partial charge in [-0.3, -0.25) is 19.2 Å². The highest BCUT2D eigenvalue weighted by Gasteiger charge is 2.01. The second-order valence-corrected chi connectivity index (χ2v) is 4.59. The number of hydrogen-bond acceptors (Lipinski definition) is 8. The Balaban J connectivity index is -0.000000163. The van der Waals surface area contributed by atoms with Crippen molar-refractivity contribution < 1.29 is 79.2 Å². The Kier molecular flexibility index (Phi) is 24.4. The SMILES string of the molecule is O=C(O)C=CC(=O)O.O=C(O)C=CC(=O)O.O=C(O)CCC(=O)O.O=C(O)CCC(=O)O. The number of rotatable bonds is 10. The number of aliphatic carboxylic acids is 8. The summed E-state index contributed by atoms with van der Waals surface area (Å²) in [7, 11) is 0. The normalized spacial score (nSPS) is 9.00. The Labute approximate surface area is 177 Å². The summed E-state index contributed by atoms with van der Waals surface area (Å²) in [6.07, 6.45) is 1.05. The molecular formula is C16H20O16. The first-order chi connectivity index (χ1) is 14.5. The largest absolute Gasteiger partial charge is 0.481 e. The van der Waals surface area contributed by atoms with Crippen LogP contribution >= 0.6 is 0 Å². The lowest BCUT2D eigenvalue weighted by Crippen LogP contribution is -2.00. The number of carbonyl (C=O) groups is 8. The van der Waals surface area contributed by atoms with E-state index >= 15 is 0 Å². The fraction of sp³-hybridized carbons (Fsp3) is 0.250. The van der Waals surface area contributed by atoms with E-state index in [4.69, 9.17) is 40.9 Å². The van der Waals surface area contributed by atoms with Crippen LogP contribution in [-0.2, 0) is 38.4 Å². The van der Waals surface area contributed by atoms with Crippen molar-refractivity contribution in [1.29, 1.82) is 0 Å². The van der Waals surface area contributed by atoms with Gasteiger partial charge in [-0.25, -0.2) is 19.2 Å². The van der Waals surface area contributed by atoms with Crippen LogP contribution in [0.3, 0.4) is 0 Å². The topological polar surface area (TPSA) is 298 Å². The fourth-order valence-corrected chi connectivity index (χ4v) is 0.713. The van der Waals surface area contributed by atoms with Gasteiger partial charge in [0.05, 0.1) is 25.7 Å². The van der Waals surface area contributed by atoms with Crippen molar-refractivity contribution in [3.63, 3.8) is 0 Å². The van der Waals surface area contributed by atoms with Gasteiger partial charge in [-0.1, -0.05) is 0 Å². The van der Waals surface area contributed by atoms with Crippen LogP contribution < -0.4 is 0 Å². The molecule has 0 aromatic heterocycles. The molecule has 0 unspecified atom stereocenters. The summed E-state index contributed by atoms with van der Waals surface area (Å²) in [5, 5.41) is 62.8.